The molecule has 0 aliphatic rings. The van der Waals surface area contributed by atoms with Gasteiger partial charge < -0.3 is 10.2 Å². The van der Waals surface area contributed by atoms with Crippen LogP contribution in [0, 0.1) is 0 Å². The van der Waals surface area contributed by atoms with Crippen molar-refractivity contribution in [3.8, 4) is 0 Å². The lowest BCUT2D eigenvalue weighted by Gasteiger charge is -2.05. The Morgan fingerprint density at radius 3 is 2.27 bits per heavy atom. The molecule has 4 heteroatoms. The van der Waals surface area contributed by atoms with Crippen LogP contribution in [0.4, 0.5) is 0 Å². The van der Waals surface area contributed by atoms with Crippen LogP contribution in [0.1, 0.15) is 11.9 Å². The Labute approximate surface area is 74.0 Å². The topological polar surface area (TPSA) is 40.5 Å². The highest BCUT2D eigenvalue weighted by atomic mass is 35.5. The second-order valence-corrected chi connectivity index (χ2v) is 2.88. The Morgan fingerprint density at radius 1 is 1.18 bits per heavy atom. The molecule has 0 spiro atoms. The minimum absolute atomic E-state index is 0.221. The Bertz CT molecular complexity index is 261. The van der Waals surface area contributed by atoms with Crippen molar-refractivity contribution in [1.82, 2.24) is 0 Å². The highest BCUT2D eigenvalue weighted by Crippen LogP contribution is 2.24. The number of aliphatic hydroxyl groups excluding tert-OH is 1. The molecule has 0 unspecified atom stereocenters. The van der Waals surface area contributed by atoms with Crippen molar-refractivity contribution >= 4 is 23.2 Å². The second-order valence-electron chi connectivity index (χ2n) is 2.04. The van der Waals surface area contributed by atoms with Gasteiger partial charge in [-0.05, 0) is 18.2 Å². The third kappa shape index (κ3) is 2.07. The SMILES string of the molecule is OC(O)c1cc(Cl)ccc1Cl. The first-order valence-electron chi connectivity index (χ1n) is 2.92. The molecule has 0 aliphatic heterocycles. The first-order valence-corrected chi connectivity index (χ1v) is 3.68. The molecule has 2 N–H and O–H groups in total. The summed E-state index contributed by atoms with van der Waals surface area (Å²) >= 11 is 11.2. The average Bonchev–Trinajstić information content (AvgIpc) is 1.94. The van der Waals surface area contributed by atoms with Crippen LogP contribution in [0.25, 0.3) is 0 Å². The summed E-state index contributed by atoms with van der Waals surface area (Å²) in [6.45, 7) is 0. The van der Waals surface area contributed by atoms with Crippen molar-refractivity contribution in [2.45, 2.75) is 6.29 Å². The van der Waals surface area contributed by atoms with E-state index in [2.05, 4.69) is 0 Å². The number of hydrogen-bond donors (Lipinski definition) is 2. The van der Waals surface area contributed by atoms with Crippen LogP contribution in [-0.4, -0.2) is 10.2 Å². The van der Waals surface area contributed by atoms with Crippen molar-refractivity contribution in [1.29, 1.82) is 0 Å². The predicted octanol–water partition coefficient (Wildman–Crippen LogP) is 1.98. The third-order valence-corrected chi connectivity index (χ3v) is 1.82. The van der Waals surface area contributed by atoms with E-state index in [4.69, 9.17) is 33.4 Å². The van der Waals surface area contributed by atoms with E-state index in [9.17, 15) is 0 Å². The first kappa shape index (κ1) is 8.81. The summed E-state index contributed by atoms with van der Waals surface area (Å²) < 4.78 is 0. The predicted molar refractivity (Wildman–Crippen MR) is 43.6 cm³/mol. The Hall–Kier alpha value is -0.280. The van der Waals surface area contributed by atoms with Crippen molar-refractivity contribution in [3.05, 3.63) is 33.8 Å². The molecule has 0 aromatic heterocycles. The number of aliphatic hydroxyl groups is 2. The highest BCUT2D eigenvalue weighted by Gasteiger charge is 2.07. The van der Waals surface area contributed by atoms with Gasteiger partial charge >= 0.3 is 0 Å². The van der Waals surface area contributed by atoms with E-state index in [-0.39, 0.29) is 5.56 Å². The van der Waals surface area contributed by atoms with Crippen LogP contribution in [0.3, 0.4) is 0 Å². The molecule has 1 aromatic carbocycles. The molecule has 0 aliphatic carbocycles. The molecule has 0 bridgehead atoms. The van der Waals surface area contributed by atoms with Crippen LogP contribution < -0.4 is 0 Å². The van der Waals surface area contributed by atoms with Gasteiger partial charge in [0.1, 0.15) is 0 Å². The lowest BCUT2D eigenvalue weighted by atomic mass is 10.2. The molecule has 0 radical (unpaired) electrons. The minimum Gasteiger partial charge on any atom is -0.364 e. The van der Waals surface area contributed by atoms with Crippen molar-refractivity contribution in [2.24, 2.45) is 0 Å². The Morgan fingerprint density at radius 2 is 1.82 bits per heavy atom. The van der Waals surface area contributed by atoms with Gasteiger partial charge in [-0.3, -0.25) is 0 Å². The Balaban J connectivity index is 3.13. The number of rotatable bonds is 1. The fraction of sp³-hybridized carbons (Fsp3) is 0.143. The molecule has 60 valence electrons. The van der Waals surface area contributed by atoms with E-state index in [0.29, 0.717) is 10.0 Å². The summed E-state index contributed by atoms with van der Waals surface area (Å²) in [6.07, 6.45) is -1.57. The highest BCUT2D eigenvalue weighted by molar-refractivity contribution is 6.33. The van der Waals surface area contributed by atoms with Gasteiger partial charge in [0, 0.05) is 15.6 Å². The van der Waals surface area contributed by atoms with Gasteiger partial charge in [-0.1, -0.05) is 23.2 Å². The van der Waals surface area contributed by atoms with E-state index in [1.165, 1.54) is 12.1 Å². The molecule has 0 amide bonds. The van der Waals surface area contributed by atoms with Crippen LogP contribution in [0.15, 0.2) is 18.2 Å². The zero-order chi connectivity index (χ0) is 8.43. The summed E-state index contributed by atoms with van der Waals surface area (Å²) in [7, 11) is 0. The smallest absolute Gasteiger partial charge is 0.179 e. The minimum atomic E-state index is -1.57. The number of benzene rings is 1. The standard InChI is InChI=1S/C7H6Cl2O2/c8-4-1-2-6(9)5(3-4)7(10)11/h1-3,7,10-11H. The molecule has 11 heavy (non-hydrogen) atoms. The van der Waals surface area contributed by atoms with Gasteiger partial charge in [-0.15, -0.1) is 0 Å². The zero-order valence-corrected chi connectivity index (χ0v) is 6.97. The maximum atomic E-state index is 8.74. The molecule has 2 nitrogen and oxygen atoms in total. The van der Waals surface area contributed by atoms with Gasteiger partial charge in [0.15, 0.2) is 6.29 Å². The van der Waals surface area contributed by atoms with Gasteiger partial charge in [0.05, 0.1) is 0 Å². The molecule has 0 heterocycles. The monoisotopic (exact) mass is 192 g/mol. The summed E-state index contributed by atoms with van der Waals surface area (Å²) in [5, 5.41) is 18.2. The van der Waals surface area contributed by atoms with Crippen molar-refractivity contribution in [2.75, 3.05) is 0 Å². The van der Waals surface area contributed by atoms with Gasteiger partial charge in [-0.25, -0.2) is 0 Å². The molecule has 0 atom stereocenters. The first-order chi connectivity index (χ1) is 5.11. The maximum absolute atomic E-state index is 8.74. The molecule has 0 saturated carbocycles. The number of halogens is 2. The number of hydrogen-bond acceptors (Lipinski definition) is 2. The van der Waals surface area contributed by atoms with E-state index in [0.717, 1.165) is 0 Å². The van der Waals surface area contributed by atoms with Gasteiger partial charge in [-0.2, -0.15) is 0 Å². The molecule has 1 rings (SSSR count). The van der Waals surface area contributed by atoms with Crippen molar-refractivity contribution in [3.63, 3.8) is 0 Å². The Kier molecular flexibility index (Phi) is 2.73. The molecular weight excluding hydrogens is 187 g/mol. The van der Waals surface area contributed by atoms with Gasteiger partial charge in [0.2, 0.25) is 0 Å². The van der Waals surface area contributed by atoms with Crippen molar-refractivity contribution < 1.29 is 10.2 Å². The van der Waals surface area contributed by atoms with E-state index >= 15 is 0 Å². The second kappa shape index (κ2) is 3.41. The zero-order valence-electron chi connectivity index (χ0n) is 5.46. The lowest BCUT2D eigenvalue weighted by molar-refractivity contribution is -0.0423. The lowest BCUT2D eigenvalue weighted by Crippen LogP contribution is -1.95. The summed E-state index contributed by atoms with van der Waals surface area (Å²) in [6, 6.07) is 4.50. The van der Waals surface area contributed by atoms with E-state index < -0.39 is 6.29 Å². The van der Waals surface area contributed by atoms with E-state index in [1.54, 1.807) is 6.07 Å². The van der Waals surface area contributed by atoms with Crippen LogP contribution in [0.5, 0.6) is 0 Å². The largest absolute Gasteiger partial charge is 0.364 e. The van der Waals surface area contributed by atoms with Gasteiger partial charge in [0.25, 0.3) is 0 Å². The summed E-state index contributed by atoms with van der Waals surface area (Å²) in [4.78, 5) is 0. The van der Waals surface area contributed by atoms with E-state index in [1.807, 2.05) is 0 Å². The van der Waals surface area contributed by atoms with Crippen LogP contribution >= 0.6 is 23.2 Å². The molecule has 1 aromatic rings. The normalized spacial score (nSPS) is 10.6. The molecular formula is C7H6Cl2O2. The quantitative estimate of drug-likeness (QED) is 0.669. The molecule has 0 fully saturated rings. The van der Waals surface area contributed by atoms with Crippen LogP contribution in [0.2, 0.25) is 10.0 Å². The average molecular weight is 193 g/mol. The summed E-state index contributed by atoms with van der Waals surface area (Å²) in [5.41, 5.74) is 0.221. The fourth-order valence-electron chi connectivity index (χ4n) is 0.712. The fourth-order valence-corrected chi connectivity index (χ4v) is 1.11. The van der Waals surface area contributed by atoms with Crippen LogP contribution in [-0.2, 0) is 0 Å². The summed E-state index contributed by atoms with van der Waals surface area (Å²) in [5.74, 6) is 0. The third-order valence-electron chi connectivity index (χ3n) is 1.24. The molecule has 0 saturated heterocycles. The maximum Gasteiger partial charge on any atom is 0.179 e.